The number of nitrogens with zero attached hydrogens (tertiary/aromatic N) is 4. The Labute approximate surface area is 90.2 Å². The zero-order valence-corrected chi connectivity index (χ0v) is 8.67. The predicted molar refractivity (Wildman–Crippen MR) is 49.8 cm³/mol. The van der Waals surface area contributed by atoms with Crippen LogP contribution in [0.5, 0.6) is 0 Å². The molecule has 1 aliphatic heterocycles. The van der Waals surface area contributed by atoms with Crippen molar-refractivity contribution in [1.82, 2.24) is 25.0 Å². The summed E-state index contributed by atoms with van der Waals surface area (Å²) in [7, 11) is 1.69. The minimum Gasteiger partial charge on any atom is -0.319 e. The van der Waals surface area contributed by atoms with Gasteiger partial charge in [0.2, 0.25) is 0 Å². The normalized spacial score (nSPS) is 17.9. The molecule has 2 rings (SSSR count). The molecule has 0 spiro atoms. The number of amides is 4. The van der Waals surface area contributed by atoms with E-state index in [2.05, 4.69) is 10.2 Å². The lowest BCUT2D eigenvalue weighted by Gasteiger charge is -2.18. The maximum absolute atomic E-state index is 11.4. The van der Waals surface area contributed by atoms with Gasteiger partial charge in [-0.3, -0.25) is 14.9 Å². The van der Waals surface area contributed by atoms with Gasteiger partial charge in [0.25, 0.3) is 0 Å². The lowest BCUT2D eigenvalue weighted by Crippen LogP contribution is -2.34. The second kappa shape index (κ2) is 3.40. The molecule has 1 unspecified atom stereocenters. The Bertz CT molecular complexity index is 480. The Morgan fingerprint density at radius 2 is 2.06 bits per heavy atom. The van der Waals surface area contributed by atoms with Crippen LogP contribution in [0.25, 0.3) is 0 Å². The first-order chi connectivity index (χ1) is 7.52. The number of nitrogens with one attached hydrogen (secondary N) is 1. The van der Waals surface area contributed by atoms with Gasteiger partial charge in [-0.15, -0.1) is 10.2 Å². The summed E-state index contributed by atoms with van der Waals surface area (Å²) in [6.07, 6.45) is 1.45. The zero-order valence-electron chi connectivity index (χ0n) is 8.67. The first-order valence-corrected chi connectivity index (χ1v) is 4.54. The molecule has 16 heavy (non-hydrogen) atoms. The lowest BCUT2D eigenvalue weighted by molar-refractivity contribution is -0.141. The zero-order chi connectivity index (χ0) is 11.9. The maximum Gasteiger partial charge on any atom is 0.332 e. The monoisotopic (exact) mass is 223 g/mol. The topological polar surface area (TPSA) is 97.2 Å². The Morgan fingerprint density at radius 3 is 2.50 bits per heavy atom. The summed E-state index contributed by atoms with van der Waals surface area (Å²) in [4.78, 5) is 34.6. The van der Waals surface area contributed by atoms with Crippen molar-refractivity contribution in [2.45, 2.75) is 13.0 Å². The van der Waals surface area contributed by atoms with Crippen LogP contribution in [0.4, 0.5) is 4.79 Å². The Morgan fingerprint density at radius 1 is 1.38 bits per heavy atom. The van der Waals surface area contributed by atoms with Gasteiger partial charge in [0.05, 0.1) is 6.04 Å². The molecule has 1 aromatic rings. The first-order valence-electron chi connectivity index (χ1n) is 4.54. The Hall–Kier alpha value is -2.25. The average molecular weight is 223 g/mol. The minimum atomic E-state index is -0.918. The second-order valence-electron chi connectivity index (χ2n) is 3.41. The highest BCUT2D eigenvalue weighted by atomic mass is 16.2. The van der Waals surface area contributed by atoms with E-state index in [1.54, 1.807) is 18.5 Å². The average Bonchev–Trinajstić information content (AvgIpc) is 2.73. The predicted octanol–water partition coefficient (Wildman–Crippen LogP) is -1.05. The summed E-state index contributed by atoms with van der Waals surface area (Å²) in [5.41, 5.74) is 0. The number of urea groups is 1. The van der Waals surface area contributed by atoms with Crippen LogP contribution < -0.4 is 5.32 Å². The molecule has 1 saturated heterocycles. The van der Waals surface area contributed by atoms with Gasteiger partial charge >= 0.3 is 17.8 Å². The van der Waals surface area contributed by atoms with Gasteiger partial charge in [-0.1, -0.05) is 0 Å². The van der Waals surface area contributed by atoms with Crippen molar-refractivity contribution in [3.63, 3.8) is 0 Å². The van der Waals surface area contributed by atoms with Crippen LogP contribution in [-0.4, -0.2) is 37.5 Å². The standard InChI is InChI=1S/C8H9N5O3/c1-4(5-11-9-3-12(5)2)13-7(15)6(14)10-8(13)16/h3-4H,1-2H3,(H,10,14,16). The maximum atomic E-state index is 11.4. The molecule has 0 aliphatic carbocycles. The number of aromatic nitrogens is 3. The van der Waals surface area contributed by atoms with Gasteiger partial charge in [-0.05, 0) is 6.92 Å². The number of hydrogen-bond donors (Lipinski definition) is 1. The third-order valence-electron chi connectivity index (χ3n) is 2.36. The van der Waals surface area contributed by atoms with Crippen molar-refractivity contribution in [3.8, 4) is 0 Å². The SMILES string of the molecule is CC(c1nncn1C)N1C(=O)NC(=O)C1=O. The summed E-state index contributed by atoms with van der Waals surface area (Å²) in [6.45, 7) is 1.60. The fourth-order valence-corrected chi connectivity index (χ4v) is 1.55. The van der Waals surface area contributed by atoms with Crippen LogP contribution in [0, 0.1) is 0 Å². The smallest absolute Gasteiger partial charge is 0.319 e. The highest BCUT2D eigenvalue weighted by Crippen LogP contribution is 2.20. The molecule has 0 bridgehead atoms. The molecule has 8 nitrogen and oxygen atoms in total. The van der Waals surface area contributed by atoms with Gasteiger partial charge < -0.3 is 4.57 Å². The second-order valence-corrected chi connectivity index (χ2v) is 3.41. The summed E-state index contributed by atoms with van der Waals surface area (Å²) in [5.74, 6) is -1.36. The molecule has 0 aromatic carbocycles. The molecule has 1 atom stereocenters. The molecule has 8 heteroatoms. The van der Waals surface area contributed by atoms with E-state index < -0.39 is 23.9 Å². The van der Waals surface area contributed by atoms with E-state index in [0.717, 1.165) is 4.90 Å². The van der Waals surface area contributed by atoms with E-state index in [0.29, 0.717) is 5.82 Å². The fraction of sp³-hybridized carbons (Fsp3) is 0.375. The van der Waals surface area contributed by atoms with Crippen LogP contribution in [0.15, 0.2) is 6.33 Å². The van der Waals surface area contributed by atoms with E-state index in [1.165, 1.54) is 6.33 Å². The van der Waals surface area contributed by atoms with E-state index in [1.807, 2.05) is 5.32 Å². The molecular formula is C8H9N5O3. The van der Waals surface area contributed by atoms with Gasteiger partial charge in [0.15, 0.2) is 5.82 Å². The molecule has 1 fully saturated rings. The van der Waals surface area contributed by atoms with Crippen molar-refractivity contribution in [1.29, 1.82) is 0 Å². The molecular weight excluding hydrogens is 214 g/mol. The largest absolute Gasteiger partial charge is 0.332 e. The number of hydrogen-bond acceptors (Lipinski definition) is 5. The Balaban J connectivity index is 2.33. The van der Waals surface area contributed by atoms with E-state index >= 15 is 0 Å². The van der Waals surface area contributed by atoms with Crippen LogP contribution >= 0.6 is 0 Å². The molecule has 1 N–H and O–H groups in total. The van der Waals surface area contributed by atoms with Gasteiger partial charge in [-0.2, -0.15) is 0 Å². The first kappa shape index (κ1) is 10.3. The third-order valence-corrected chi connectivity index (χ3v) is 2.36. The summed E-state index contributed by atoms with van der Waals surface area (Å²) >= 11 is 0. The minimum absolute atomic E-state index is 0.429. The summed E-state index contributed by atoms with van der Waals surface area (Å²) in [5, 5.41) is 9.34. The third kappa shape index (κ3) is 1.35. The van der Waals surface area contributed by atoms with E-state index in [9.17, 15) is 14.4 Å². The van der Waals surface area contributed by atoms with Crippen molar-refractivity contribution in [2.75, 3.05) is 0 Å². The van der Waals surface area contributed by atoms with Gasteiger partial charge in [0.1, 0.15) is 6.33 Å². The summed E-state index contributed by atoms with van der Waals surface area (Å²) < 4.78 is 1.58. The molecule has 1 aliphatic rings. The number of carbonyl (C=O) groups excluding carboxylic acids is 3. The molecule has 0 saturated carbocycles. The summed E-state index contributed by atoms with van der Waals surface area (Å²) in [6, 6.07) is -1.36. The molecule has 2 heterocycles. The lowest BCUT2D eigenvalue weighted by atomic mass is 10.3. The van der Waals surface area contributed by atoms with Crippen LogP contribution in [-0.2, 0) is 16.6 Å². The van der Waals surface area contributed by atoms with E-state index in [-0.39, 0.29) is 0 Å². The van der Waals surface area contributed by atoms with Crippen LogP contribution in [0.1, 0.15) is 18.8 Å². The number of rotatable bonds is 2. The van der Waals surface area contributed by atoms with Crippen molar-refractivity contribution in [2.24, 2.45) is 7.05 Å². The number of imide groups is 2. The fourth-order valence-electron chi connectivity index (χ4n) is 1.55. The van der Waals surface area contributed by atoms with Crippen LogP contribution in [0.2, 0.25) is 0 Å². The van der Waals surface area contributed by atoms with Crippen molar-refractivity contribution >= 4 is 17.8 Å². The molecule has 4 amide bonds. The van der Waals surface area contributed by atoms with Crippen molar-refractivity contribution in [3.05, 3.63) is 12.2 Å². The molecule has 0 radical (unpaired) electrons. The van der Waals surface area contributed by atoms with Gasteiger partial charge in [-0.25, -0.2) is 9.69 Å². The van der Waals surface area contributed by atoms with Gasteiger partial charge in [0, 0.05) is 7.05 Å². The highest BCUT2D eigenvalue weighted by Gasteiger charge is 2.41. The van der Waals surface area contributed by atoms with Crippen LogP contribution in [0.3, 0.4) is 0 Å². The molecule has 84 valence electrons. The van der Waals surface area contributed by atoms with Crippen molar-refractivity contribution < 1.29 is 14.4 Å². The molecule has 1 aromatic heterocycles. The quantitative estimate of drug-likeness (QED) is 0.510. The number of aryl methyl sites for hydroxylation is 1. The Kier molecular flexibility index (Phi) is 2.18. The highest BCUT2D eigenvalue weighted by molar-refractivity contribution is 6.44. The number of carbonyl (C=O) groups is 3. The van der Waals surface area contributed by atoms with E-state index in [4.69, 9.17) is 0 Å².